The number of hydrogen-bond donors (Lipinski definition) is 0. The van der Waals surface area contributed by atoms with Gasteiger partial charge in [0.2, 0.25) is 0 Å². The average molecular weight is 220 g/mol. The first-order chi connectivity index (χ1) is 7.30. The van der Waals surface area contributed by atoms with Gasteiger partial charge in [-0.15, -0.1) is 0 Å². The predicted octanol–water partition coefficient (Wildman–Crippen LogP) is 3.18. The van der Waals surface area contributed by atoms with Crippen LogP contribution in [0.1, 0.15) is 37.5 Å². The van der Waals surface area contributed by atoms with Crippen LogP contribution in [0.4, 0.5) is 0 Å². The highest BCUT2D eigenvalue weighted by Gasteiger charge is 2.28. The third-order valence-corrected chi connectivity index (χ3v) is 3.30. The molecule has 0 radical (unpaired) electrons. The molecular formula is C14H20O2. The van der Waals surface area contributed by atoms with Gasteiger partial charge in [-0.3, -0.25) is 4.79 Å². The summed E-state index contributed by atoms with van der Waals surface area (Å²) in [5.74, 6) is 1.06. The van der Waals surface area contributed by atoms with Crippen LogP contribution in [0.2, 0.25) is 0 Å². The Bertz CT molecular complexity index is 417. The molecule has 88 valence electrons. The minimum absolute atomic E-state index is 0.181. The van der Waals surface area contributed by atoms with E-state index in [4.69, 9.17) is 4.74 Å². The molecule has 0 saturated heterocycles. The lowest BCUT2D eigenvalue weighted by Crippen LogP contribution is -2.27. The topological polar surface area (TPSA) is 26.3 Å². The summed E-state index contributed by atoms with van der Waals surface area (Å²) in [6.07, 6.45) is 0. The first-order valence-electron chi connectivity index (χ1n) is 5.47. The lowest BCUT2D eigenvalue weighted by Gasteiger charge is -2.25. The van der Waals surface area contributed by atoms with E-state index in [9.17, 15) is 4.79 Å². The van der Waals surface area contributed by atoms with Crippen LogP contribution in [-0.2, 0) is 10.2 Å². The largest absolute Gasteiger partial charge is 0.496 e. The van der Waals surface area contributed by atoms with Crippen molar-refractivity contribution < 1.29 is 9.53 Å². The summed E-state index contributed by atoms with van der Waals surface area (Å²) in [5.41, 5.74) is 2.82. The van der Waals surface area contributed by atoms with Crippen LogP contribution in [0.15, 0.2) is 12.1 Å². The van der Waals surface area contributed by atoms with Crippen LogP contribution in [0.3, 0.4) is 0 Å². The highest BCUT2D eigenvalue weighted by molar-refractivity contribution is 5.87. The molecule has 0 unspecified atom stereocenters. The van der Waals surface area contributed by atoms with E-state index in [2.05, 4.69) is 6.07 Å². The van der Waals surface area contributed by atoms with Crippen LogP contribution in [0.25, 0.3) is 0 Å². The number of aryl methyl sites for hydroxylation is 2. The molecule has 0 heterocycles. The highest BCUT2D eigenvalue weighted by Crippen LogP contribution is 2.31. The Morgan fingerprint density at radius 3 is 2.19 bits per heavy atom. The van der Waals surface area contributed by atoms with E-state index in [1.165, 1.54) is 0 Å². The first-order valence-corrected chi connectivity index (χ1v) is 5.47. The fourth-order valence-corrected chi connectivity index (χ4v) is 1.87. The zero-order valence-electron chi connectivity index (χ0n) is 11.0. The van der Waals surface area contributed by atoms with Crippen LogP contribution < -0.4 is 4.74 Å². The number of ether oxygens (including phenoxy) is 1. The Labute approximate surface area is 97.6 Å². The molecule has 0 bridgehead atoms. The van der Waals surface area contributed by atoms with Gasteiger partial charge in [-0.2, -0.15) is 0 Å². The van der Waals surface area contributed by atoms with Crippen molar-refractivity contribution in [2.45, 2.75) is 40.0 Å². The summed E-state index contributed by atoms with van der Waals surface area (Å²) in [7, 11) is 1.66. The Balaban J connectivity index is 3.37. The number of methoxy groups -OCH3 is 1. The van der Waals surface area contributed by atoms with Crippen molar-refractivity contribution in [2.24, 2.45) is 0 Å². The zero-order chi connectivity index (χ0) is 12.5. The van der Waals surface area contributed by atoms with Gasteiger partial charge in [0.15, 0.2) is 0 Å². The molecule has 0 spiro atoms. The SMILES string of the molecule is COc1cc(C)c(C(C)(C)C(C)=O)cc1C. The number of Topliss-reactive ketones (excluding diaryl/α,β-unsaturated/α-hetero) is 1. The molecule has 0 aliphatic rings. The third kappa shape index (κ3) is 2.11. The van der Waals surface area contributed by atoms with Crippen molar-refractivity contribution in [1.29, 1.82) is 0 Å². The Hall–Kier alpha value is -1.31. The van der Waals surface area contributed by atoms with Gasteiger partial charge in [0, 0.05) is 5.41 Å². The standard InChI is InChI=1S/C14H20O2/c1-9-8-13(16-6)10(2)7-12(9)14(4,5)11(3)15/h7-8H,1-6H3. The second kappa shape index (κ2) is 4.28. The monoisotopic (exact) mass is 220 g/mol. The highest BCUT2D eigenvalue weighted by atomic mass is 16.5. The van der Waals surface area contributed by atoms with Gasteiger partial charge in [0.05, 0.1) is 7.11 Å². The van der Waals surface area contributed by atoms with Gasteiger partial charge in [0.25, 0.3) is 0 Å². The summed E-state index contributed by atoms with van der Waals surface area (Å²) in [6, 6.07) is 4.05. The number of benzene rings is 1. The van der Waals surface area contributed by atoms with Crippen molar-refractivity contribution in [3.63, 3.8) is 0 Å². The minimum Gasteiger partial charge on any atom is -0.496 e. The third-order valence-electron chi connectivity index (χ3n) is 3.30. The molecule has 16 heavy (non-hydrogen) atoms. The van der Waals surface area contributed by atoms with Crippen molar-refractivity contribution in [1.82, 2.24) is 0 Å². The molecule has 0 aliphatic heterocycles. The Morgan fingerprint density at radius 1 is 1.19 bits per heavy atom. The quantitative estimate of drug-likeness (QED) is 0.782. The van der Waals surface area contributed by atoms with Gasteiger partial charge in [-0.05, 0) is 57.4 Å². The van der Waals surface area contributed by atoms with E-state index in [1.807, 2.05) is 33.8 Å². The number of carbonyl (C=O) groups excluding carboxylic acids is 1. The van der Waals surface area contributed by atoms with Crippen molar-refractivity contribution in [3.8, 4) is 5.75 Å². The fourth-order valence-electron chi connectivity index (χ4n) is 1.87. The van der Waals surface area contributed by atoms with Crippen molar-refractivity contribution in [2.75, 3.05) is 7.11 Å². The Morgan fingerprint density at radius 2 is 1.75 bits per heavy atom. The van der Waals surface area contributed by atoms with E-state index in [1.54, 1.807) is 14.0 Å². The molecule has 1 aromatic carbocycles. The van der Waals surface area contributed by atoms with E-state index >= 15 is 0 Å². The molecule has 0 aliphatic carbocycles. The summed E-state index contributed by atoms with van der Waals surface area (Å²) in [6.45, 7) is 9.58. The summed E-state index contributed by atoms with van der Waals surface area (Å²) in [4.78, 5) is 11.7. The van der Waals surface area contributed by atoms with Crippen LogP contribution in [-0.4, -0.2) is 12.9 Å². The molecule has 0 fully saturated rings. The number of carbonyl (C=O) groups is 1. The molecule has 0 atom stereocenters. The van der Waals surface area contributed by atoms with E-state index < -0.39 is 5.41 Å². The molecular weight excluding hydrogens is 200 g/mol. The summed E-state index contributed by atoms with van der Waals surface area (Å²) in [5, 5.41) is 0. The maximum Gasteiger partial charge on any atom is 0.139 e. The van der Waals surface area contributed by atoms with E-state index in [0.29, 0.717) is 0 Å². The smallest absolute Gasteiger partial charge is 0.139 e. The van der Waals surface area contributed by atoms with Crippen LogP contribution in [0.5, 0.6) is 5.75 Å². The first kappa shape index (κ1) is 12.8. The second-order valence-electron chi connectivity index (χ2n) is 4.82. The number of hydrogen-bond acceptors (Lipinski definition) is 2. The van der Waals surface area contributed by atoms with Crippen LogP contribution >= 0.6 is 0 Å². The molecule has 0 saturated carbocycles. The van der Waals surface area contributed by atoms with Crippen molar-refractivity contribution in [3.05, 3.63) is 28.8 Å². The molecule has 0 amide bonds. The van der Waals surface area contributed by atoms with E-state index in [0.717, 1.165) is 22.4 Å². The maximum absolute atomic E-state index is 11.7. The second-order valence-corrected chi connectivity index (χ2v) is 4.82. The average Bonchev–Trinajstić information content (AvgIpc) is 2.20. The van der Waals surface area contributed by atoms with Gasteiger partial charge in [0.1, 0.15) is 11.5 Å². The summed E-state index contributed by atoms with van der Waals surface area (Å²) < 4.78 is 5.27. The Kier molecular flexibility index (Phi) is 3.41. The molecule has 0 aromatic heterocycles. The predicted molar refractivity (Wildman–Crippen MR) is 66.2 cm³/mol. The summed E-state index contributed by atoms with van der Waals surface area (Å²) >= 11 is 0. The van der Waals surface area contributed by atoms with Gasteiger partial charge in [-0.25, -0.2) is 0 Å². The lowest BCUT2D eigenvalue weighted by atomic mass is 9.78. The van der Waals surface area contributed by atoms with Gasteiger partial charge >= 0.3 is 0 Å². The van der Waals surface area contributed by atoms with Crippen LogP contribution in [0, 0.1) is 13.8 Å². The molecule has 1 rings (SSSR count). The van der Waals surface area contributed by atoms with Gasteiger partial charge in [-0.1, -0.05) is 6.07 Å². The lowest BCUT2D eigenvalue weighted by molar-refractivity contribution is -0.121. The maximum atomic E-state index is 11.7. The minimum atomic E-state index is -0.429. The van der Waals surface area contributed by atoms with Crippen molar-refractivity contribution >= 4 is 5.78 Å². The molecule has 1 aromatic rings. The number of rotatable bonds is 3. The normalized spacial score (nSPS) is 11.4. The van der Waals surface area contributed by atoms with Gasteiger partial charge < -0.3 is 4.74 Å². The van der Waals surface area contributed by atoms with E-state index in [-0.39, 0.29) is 5.78 Å². The zero-order valence-corrected chi connectivity index (χ0v) is 11.0. The molecule has 0 N–H and O–H groups in total. The molecule has 2 heteroatoms. The molecule has 2 nitrogen and oxygen atoms in total. The fraction of sp³-hybridized carbons (Fsp3) is 0.500. The number of ketones is 1.